The number of carbonyl (C=O) groups excluding carboxylic acids is 1. The molecule has 0 spiro atoms. The molecule has 0 aliphatic carbocycles. The Bertz CT molecular complexity index is 1630. The van der Waals surface area contributed by atoms with E-state index in [9.17, 15) is 10.1 Å². The van der Waals surface area contributed by atoms with Gasteiger partial charge < -0.3 is 5.32 Å². The molecule has 0 radical (unpaired) electrons. The molecular formula is C29H26N6O. The third kappa shape index (κ3) is 4.25. The fourth-order valence-electron chi connectivity index (χ4n) is 4.20. The highest BCUT2D eigenvalue weighted by Gasteiger charge is 2.19. The highest BCUT2D eigenvalue weighted by molar-refractivity contribution is 6.04. The standard InChI is InChI=1S/C29H26N6O/c1-19-7-8-24(33-28(36)22-12-20(16-30)13-23(14-22)29(2,3)4)15-25(19)34-11-9-27-32-18-26(35(27)34)21-6-5-10-31-17-21/h5-15,17-18H,1-4H3,(H,33,36). The van der Waals surface area contributed by atoms with Crippen LogP contribution in [-0.2, 0) is 5.41 Å². The summed E-state index contributed by atoms with van der Waals surface area (Å²) >= 11 is 0. The molecule has 0 saturated carbocycles. The first-order chi connectivity index (χ1) is 17.2. The normalized spacial score (nSPS) is 11.4. The maximum absolute atomic E-state index is 13.2. The number of nitrogens with zero attached hydrogens (tertiary/aromatic N) is 5. The number of nitriles is 1. The van der Waals surface area contributed by atoms with Crippen LogP contribution in [0.2, 0.25) is 0 Å². The maximum atomic E-state index is 13.2. The number of amides is 1. The average Bonchev–Trinajstić information content (AvgIpc) is 3.47. The second kappa shape index (κ2) is 8.82. The van der Waals surface area contributed by atoms with Crippen molar-refractivity contribution >= 4 is 17.2 Å². The number of carbonyl (C=O) groups is 1. The van der Waals surface area contributed by atoms with Gasteiger partial charge in [0.2, 0.25) is 0 Å². The first-order valence-corrected chi connectivity index (χ1v) is 11.7. The molecule has 0 unspecified atom stereocenters. The molecule has 5 aromatic rings. The predicted octanol–water partition coefficient (Wildman–Crippen LogP) is 5.92. The fourth-order valence-corrected chi connectivity index (χ4v) is 4.20. The Morgan fingerprint density at radius 3 is 2.61 bits per heavy atom. The molecule has 3 heterocycles. The van der Waals surface area contributed by atoms with Gasteiger partial charge in [0.1, 0.15) is 0 Å². The zero-order valence-corrected chi connectivity index (χ0v) is 20.6. The van der Waals surface area contributed by atoms with Gasteiger partial charge in [-0.15, -0.1) is 0 Å². The van der Waals surface area contributed by atoms with Gasteiger partial charge in [-0.2, -0.15) is 5.26 Å². The fraction of sp³-hybridized carbons (Fsp3) is 0.172. The van der Waals surface area contributed by atoms with Gasteiger partial charge >= 0.3 is 0 Å². The molecule has 0 saturated heterocycles. The first kappa shape index (κ1) is 23.1. The number of aromatic nitrogens is 4. The Hall–Kier alpha value is -4.70. The minimum Gasteiger partial charge on any atom is -0.322 e. The van der Waals surface area contributed by atoms with Crippen molar-refractivity contribution in [1.29, 1.82) is 5.26 Å². The van der Waals surface area contributed by atoms with Gasteiger partial charge in [-0.25, -0.2) is 9.50 Å². The Balaban J connectivity index is 1.52. The summed E-state index contributed by atoms with van der Waals surface area (Å²) in [6.07, 6.45) is 7.35. The van der Waals surface area contributed by atoms with Crippen molar-refractivity contribution in [2.75, 3.05) is 5.32 Å². The average molecular weight is 475 g/mol. The topological polar surface area (TPSA) is 88.0 Å². The Kier molecular flexibility index (Phi) is 5.65. The van der Waals surface area contributed by atoms with Crippen LogP contribution in [0.25, 0.3) is 22.6 Å². The van der Waals surface area contributed by atoms with Crippen LogP contribution in [0.1, 0.15) is 47.8 Å². The monoisotopic (exact) mass is 474 g/mol. The third-order valence-electron chi connectivity index (χ3n) is 6.21. The second-order valence-electron chi connectivity index (χ2n) is 9.83. The number of rotatable bonds is 4. The highest BCUT2D eigenvalue weighted by atomic mass is 16.1. The van der Waals surface area contributed by atoms with Crippen LogP contribution >= 0.6 is 0 Å². The van der Waals surface area contributed by atoms with Crippen molar-refractivity contribution in [3.8, 4) is 23.0 Å². The van der Waals surface area contributed by atoms with Crippen molar-refractivity contribution in [2.45, 2.75) is 33.1 Å². The number of hydrogen-bond acceptors (Lipinski definition) is 4. The molecule has 178 valence electrons. The smallest absolute Gasteiger partial charge is 0.255 e. The molecular weight excluding hydrogens is 448 g/mol. The van der Waals surface area contributed by atoms with Crippen molar-refractivity contribution < 1.29 is 4.79 Å². The lowest BCUT2D eigenvalue weighted by Gasteiger charge is -2.20. The van der Waals surface area contributed by atoms with Crippen LogP contribution in [-0.4, -0.2) is 25.1 Å². The number of imidazole rings is 1. The Morgan fingerprint density at radius 2 is 1.89 bits per heavy atom. The summed E-state index contributed by atoms with van der Waals surface area (Å²) in [5, 5.41) is 12.5. The summed E-state index contributed by atoms with van der Waals surface area (Å²) in [5.41, 5.74) is 6.97. The van der Waals surface area contributed by atoms with E-state index >= 15 is 0 Å². The van der Waals surface area contributed by atoms with Gasteiger partial charge in [-0.05, 0) is 65.9 Å². The Morgan fingerprint density at radius 1 is 1.06 bits per heavy atom. The van der Waals surface area contributed by atoms with E-state index in [2.05, 4.69) is 42.1 Å². The largest absolute Gasteiger partial charge is 0.322 e. The minimum absolute atomic E-state index is 0.185. The highest BCUT2D eigenvalue weighted by Crippen LogP contribution is 2.27. The molecule has 7 heteroatoms. The molecule has 0 atom stereocenters. The number of aryl methyl sites for hydroxylation is 1. The number of nitrogens with one attached hydrogen (secondary N) is 1. The van der Waals surface area contributed by atoms with E-state index in [0.29, 0.717) is 16.8 Å². The van der Waals surface area contributed by atoms with Crippen LogP contribution in [0.4, 0.5) is 5.69 Å². The van der Waals surface area contributed by atoms with E-state index in [-0.39, 0.29) is 11.3 Å². The predicted molar refractivity (Wildman–Crippen MR) is 140 cm³/mol. The molecule has 1 N–H and O–H groups in total. The summed E-state index contributed by atoms with van der Waals surface area (Å²) in [6, 6.07) is 19.1. The van der Waals surface area contributed by atoms with Gasteiger partial charge in [0.15, 0.2) is 5.65 Å². The number of benzene rings is 2. The lowest BCUT2D eigenvalue weighted by molar-refractivity contribution is 0.102. The van der Waals surface area contributed by atoms with Crippen LogP contribution in [0.5, 0.6) is 0 Å². The van der Waals surface area contributed by atoms with Crippen molar-refractivity contribution in [3.05, 3.63) is 102 Å². The molecule has 3 aromatic heterocycles. The van der Waals surface area contributed by atoms with E-state index in [0.717, 1.165) is 33.7 Å². The third-order valence-corrected chi connectivity index (χ3v) is 6.21. The van der Waals surface area contributed by atoms with Crippen LogP contribution < -0.4 is 5.32 Å². The van der Waals surface area contributed by atoms with E-state index in [1.807, 2.05) is 83.2 Å². The van der Waals surface area contributed by atoms with Crippen LogP contribution in [0.15, 0.2) is 79.4 Å². The molecule has 0 fully saturated rings. The molecule has 1 amide bonds. The molecule has 36 heavy (non-hydrogen) atoms. The summed E-state index contributed by atoms with van der Waals surface area (Å²) in [7, 11) is 0. The molecule has 0 aliphatic heterocycles. The number of anilines is 1. The lowest BCUT2D eigenvalue weighted by atomic mass is 9.85. The first-order valence-electron chi connectivity index (χ1n) is 11.7. The summed E-state index contributed by atoms with van der Waals surface area (Å²) in [4.78, 5) is 22.0. The maximum Gasteiger partial charge on any atom is 0.255 e. The van der Waals surface area contributed by atoms with Crippen molar-refractivity contribution in [1.82, 2.24) is 19.2 Å². The number of fused-ring (bicyclic) bond motifs is 1. The van der Waals surface area contributed by atoms with Gasteiger partial charge in [-0.3, -0.25) is 14.5 Å². The SMILES string of the molecule is Cc1ccc(NC(=O)c2cc(C#N)cc(C(C)(C)C)c2)cc1-n1ccc2ncc(-c3cccnc3)n21. The number of pyridine rings is 1. The second-order valence-corrected chi connectivity index (χ2v) is 9.83. The van der Waals surface area contributed by atoms with Crippen molar-refractivity contribution in [2.24, 2.45) is 0 Å². The van der Waals surface area contributed by atoms with Gasteiger partial charge in [0.05, 0.1) is 29.2 Å². The lowest BCUT2D eigenvalue weighted by Crippen LogP contribution is -2.16. The molecule has 2 aromatic carbocycles. The zero-order valence-electron chi connectivity index (χ0n) is 20.6. The van der Waals surface area contributed by atoms with E-state index in [1.165, 1.54) is 0 Å². The molecule has 0 aliphatic rings. The van der Waals surface area contributed by atoms with Crippen molar-refractivity contribution in [3.63, 3.8) is 0 Å². The minimum atomic E-state index is -0.260. The summed E-state index contributed by atoms with van der Waals surface area (Å²) in [6.45, 7) is 8.21. The zero-order chi connectivity index (χ0) is 25.4. The molecule has 5 rings (SSSR count). The van der Waals surface area contributed by atoms with Gasteiger partial charge in [0, 0.05) is 41.5 Å². The molecule has 7 nitrogen and oxygen atoms in total. The summed E-state index contributed by atoms with van der Waals surface area (Å²) < 4.78 is 4.04. The van der Waals surface area contributed by atoms with Gasteiger partial charge in [-0.1, -0.05) is 26.8 Å². The molecule has 0 bridgehead atoms. The van der Waals surface area contributed by atoms with Crippen LogP contribution in [0, 0.1) is 18.3 Å². The van der Waals surface area contributed by atoms with E-state index in [4.69, 9.17) is 0 Å². The summed E-state index contributed by atoms with van der Waals surface area (Å²) in [5.74, 6) is -0.260. The van der Waals surface area contributed by atoms with E-state index in [1.54, 1.807) is 12.3 Å². The van der Waals surface area contributed by atoms with E-state index < -0.39 is 0 Å². The quantitative estimate of drug-likeness (QED) is 0.350. The number of hydrogen-bond donors (Lipinski definition) is 1. The van der Waals surface area contributed by atoms with Gasteiger partial charge in [0.25, 0.3) is 5.91 Å². The Labute approximate surface area is 209 Å². The van der Waals surface area contributed by atoms with Crippen LogP contribution in [0.3, 0.4) is 0 Å².